The van der Waals surface area contributed by atoms with E-state index in [2.05, 4.69) is 48.0 Å². The lowest BCUT2D eigenvalue weighted by Crippen LogP contribution is -2.28. The summed E-state index contributed by atoms with van der Waals surface area (Å²) >= 11 is 2.27. The second-order valence-electron chi connectivity index (χ2n) is 7.49. The van der Waals surface area contributed by atoms with E-state index >= 15 is 0 Å². The first-order chi connectivity index (χ1) is 13.3. The predicted octanol–water partition coefficient (Wildman–Crippen LogP) is 4.06. The van der Waals surface area contributed by atoms with E-state index in [0.717, 1.165) is 25.0 Å². The molecule has 9 heteroatoms. The Labute approximate surface area is 176 Å². The Morgan fingerprint density at radius 3 is 2.75 bits per heavy atom. The molecule has 0 bridgehead atoms. The number of nitrogens with zero attached hydrogens (tertiary/aromatic N) is 5. The van der Waals surface area contributed by atoms with Gasteiger partial charge in [0.2, 0.25) is 5.71 Å². The molecule has 0 unspecified atom stereocenters. The van der Waals surface area contributed by atoms with Gasteiger partial charge in [0, 0.05) is 18.7 Å². The van der Waals surface area contributed by atoms with Gasteiger partial charge in [-0.3, -0.25) is 7.91 Å². The van der Waals surface area contributed by atoms with Gasteiger partial charge in [-0.15, -0.1) is 0 Å². The number of furan rings is 1. The summed E-state index contributed by atoms with van der Waals surface area (Å²) < 4.78 is 13.2. The number of carbonyl (C=O) groups is 1. The molecule has 1 aliphatic rings. The van der Waals surface area contributed by atoms with Crippen molar-refractivity contribution in [3.05, 3.63) is 35.2 Å². The first kappa shape index (κ1) is 19.2. The lowest BCUT2D eigenvalue weighted by molar-refractivity contribution is 0.0772. The van der Waals surface area contributed by atoms with Gasteiger partial charge in [-0.1, -0.05) is 12.1 Å². The summed E-state index contributed by atoms with van der Waals surface area (Å²) in [5.74, 6) is 1.74. The van der Waals surface area contributed by atoms with Crippen LogP contribution in [0, 0.1) is 6.92 Å². The molecule has 0 N–H and O–H groups in total. The molecule has 148 valence electrons. The van der Waals surface area contributed by atoms with Crippen LogP contribution in [-0.4, -0.2) is 38.5 Å². The number of amides is 1. The van der Waals surface area contributed by atoms with Crippen LogP contribution in [0.15, 0.2) is 21.3 Å². The first-order valence-electron chi connectivity index (χ1n) is 9.24. The monoisotopic (exact) mass is 495 g/mol. The highest BCUT2D eigenvalue weighted by atomic mass is 127. The Bertz CT molecular complexity index is 1040. The van der Waals surface area contributed by atoms with Crippen LogP contribution >= 0.6 is 22.9 Å². The van der Waals surface area contributed by atoms with Gasteiger partial charge in [-0.05, 0) is 33.1 Å². The van der Waals surface area contributed by atoms with Gasteiger partial charge < -0.3 is 13.8 Å². The smallest absolute Gasteiger partial charge is 0.258 e. The molecule has 1 aliphatic carbocycles. The van der Waals surface area contributed by atoms with E-state index in [-0.39, 0.29) is 11.4 Å². The lowest BCUT2D eigenvalue weighted by Gasteiger charge is -2.23. The fourth-order valence-corrected chi connectivity index (χ4v) is 4.01. The topological polar surface area (TPSA) is 88.5 Å². The van der Waals surface area contributed by atoms with Gasteiger partial charge in [-0.25, -0.2) is 9.97 Å². The largest absolute Gasteiger partial charge is 0.442 e. The molecule has 1 saturated carbocycles. The van der Waals surface area contributed by atoms with Gasteiger partial charge in [0.1, 0.15) is 12.1 Å². The number of rotatable bonds is 6. The van der Waals surface area contributed by atoms with Crippen LogP contribution in [0.25, 0.3) is 11.1 Å². The van der Waals surface area contributed by atoms with Crippen molar-refractivity contribution in [1.29, 1.82) is 0 Å². The van der Waals surface area contributed by atoms with Crippen molar-refractivity contribution in [2.45, 2.75) is 52.1 Å². The maximum absolute atomic E-state index is 13.3. The van der Waals surface area contributed by atoms with Gasteiger partial charge in [0.15, 0.2) is 11.6 Å². The Balaban J connectivity index is 1.71. The van der Waals surface area contributed by atoms with E-state index in [9.17, 15) is 4.79 Å². The van der Waals surface area contributed by atoms with E-state index in [1.807, 2.05) is 13.0 Å². The maximum atomic E-state index is 13.3. The second kappa shape index (κ2) is 7.02. The van der Waals surface area contributed by atoms with E-state index in [4.69, 9.17) is 8.94 Å². The van der Waals surface area contributed by atoms with Gasteiger partial charge >= 0.3 is 0 Å². The zero-order chi connectivity index (χ0) is 20.1. The number of carbonyl (C=O) groups excluding carboxylic acids is 1. The summed E-state index contributed by atoms with van der Waals surface area (Å²) in [4.78, 5) is 23.6. The minimum absolute atomic E-state index is 0.0512. The van der Waals surface area contributed by atoms with Crippen LogP contribution in [0.2, 0.25) is 0 Å². The Kier molecular flexibility index (Phi) is 4.80. The molecule has 0 spiro atoms. The van der Waals surface area contributed by atoms with Gasteiger partial charge in [0.25, 0.3) is 5.91 Å². The molecule has 0 aromatic carbocycles. The molecule has 8 nitrogen and oxygen atoms in total. The number of fused-ring (bicyclic) bond motifs is 1. The average Bonchev–Trinajstić information content (AvgIpc) is 3.12. The third-order valence-electron chi connectivity index (χ3n) is 5.20. The molecule has 4 rings (SSSR count). The fraction of sp³-hybridized carbons (Fsp3) is 0.474. The summed E-state index contributed by atoms with van der Waals surface area (Å²) in [7, 11) is 1.74. The van der Waals surface area contributed by atoms with Crippen molar-refractivity contribution in [2.75, 3.05) is 10.2 Å². The van der Waals surface area contributed by atoms with E-state index < -0.39 is 0 Å². The van der Waals surface area contributed by atoms with Crippen LogP contribution in [-0.2, 0) is 13.0 Å². The zero-order valence-corrected chi connectivity index (χ0v) is 18.5. The fourth-order valence-electron chi connectivity index (χ4n) is 3.16. The molecule has 1 fully saturated rings. The number of anilines is 1. The molecule has 0 atom stereocenters. The maximum Gasteiger partial charge on any atom is 0.258 e. The average molecular weight is 495 g/mol. The second-order valence-corrected chi connectivity index (χ2v) is 8.45. The molecular weight excluding hydrogens is 473 g/mol. The van der Waals surface area contributed by atoms with E-state index in [0.29, 0.717) is 40.5 Å². The van der Waals surface area contributed by atoms with Crippen molar-refractivity contribution in [1.82, 2.24) is 20.0 Å². The van der Waals surface area contributed by atoms with Crippen LogP contribution < -0.4 is 3.11 Å². The summed E-state index contributed by atoms with van der Waals surface area (Å²) in [6.07, 6.45) is 4.45. The van der Waals surface area contributed by atoms with Crippen LogP contribution in [0.5, 0.6) is 0 Å². The number of aryl methyl sites for hydroxylation is 2. The quantitative estimate of drug-likeness (QED) is 0.377. The Morgan fingerprint density at radius 1 is 1.36 bits per heavy atom. The summed E-state index contributed by atoms with van der Waals surface area (Å²) in [6.45, 7) is 6.30. The number of aromatic nitrogens is 3. The number of hydrogen-bond acceptors (Lipinski definition) is 7. The van der Waals surface area contributed by atoms with Crippen molar-refractivity contribution >= 4 is 45.7 Å². The van der Waals surface area contributed by atoms with Gasteiger partial charge in [0.05, 0.1) is 46.1 Å². The standard InChI is InChI=1S/C19H22IN5O3/c1-5-12-8-13(28-23-12)9-24(4)18(26)14-11(2)27-17-15(14)16(21-10-22-17)25(20)19(3)6-7-19/h8,10H,5-7,9H2,1-4H3. The van der Waals surface area contributed by atoms with E-state index in [1.165, 1.54) is 6.33 Å². The molecule has 0 radical (unpaired) electrons. The molecular formula is C19H22IN5O3. The summed E-state index contributed by atoms with van der Waals surface area (Å²) in [5.41, 5.74) is 1.84. The van der Waals surface area contributed by atoms with Crippen molar-refractivity contribution in [3.8, 4) is 0 Å². The lowest BCUT2D eigenvalue weighted by atomic mass is 10.1. The van der Waals surface area contributed by atoms with Crippen LogP contribution in [0.4, 0.5) is 5.82 Å². The summed E-state index contributed by atoms with van der Waals surface area (Å²) in [5, 5.41) is 4.65. The highest BCUT2D eigenvalue weighted by Gasteiger charge is 2.44. The Morgan fingerprint density at radius 2 is 2.11 bits per heavy atom. The molecule has 3 heterocycles. The normalized spacial score (nSPS) is 15.0. The SMILES string of the molecule is CCc1cc(CN(C)C(=O)c2c(C)oc3ncnc(N(I)C4(C)CC4)c23)on1. The molecule has 3 aromatic heterocycles. The first-order valence-corrected chi connectivity index (χ1v) is 10.2. The third-order valence-corrected chi connectivity index (χ3v) is 6.82. The van der Waals surface area contributed by atoms with Crippen molar-refractivity contribution in [3.63, 3.8) is 0 Å². The minimum Gasteiger partial charge on any atom is -0.442 e. The third kappa shape index (κ3) is 3.25. The highest BCUT2D eigenvalue weighted by Crippen LogP contribution is 2.47. The molecule has 0 aliphatic heterocycles. The Hall–Kier alpha value is -2.17. The number of halogens is 1. The predicted molar refractivity (Wildman–Crippen MR) is 112 cm³/mol. The van der Waals surface area contributed by atoms with E-state index in [1.54, 1.807) is 18.9 Å². The van der Waals surface area contributed by atoms with Crippen molar-refractivity contribution < 1.29 is 13.7 Å². The number of hydrogen-bond donors (Lipinski definition) is 0. The van der Waals surface area contributed by atoms with Crippen LogP contribution in [0.1, 0.15) is 54.3 Å². The molecule has 1 amide bonds. The minimum atomic E-state index is -0.160. The highest BCUT2D eigenvalue weighted by molar-refractivity contribution is 14.1. The summed E-state index contributed by atoms with van der Waals surface area (Å²) in [6, 6.07) is 1.87. The molecule has 3 aromatic rings. The molecule has 0 saturated heterocycles. The van der Waals surface area contributed by atoms with Crippen molar-refractivity contribution in [2.24, 2.45) is 0 Å². The van der Waals surface area contributed by atoms with Gasteiger partial charge in [-0.2, -0.15) is 0 Å². The zero-order valence-electron chi connectivity index (χ0n) is 16.3. The van der Waals surface area contributed by atoms with Crippen LogP contribution in [0.3, 0.4) is 0 Å². The molecule has 28 heavy (non-hydrogen) atoms.